The van der Waals surface area contributed by atoms with Crippen LogP contribution in [0, 0.1) is 6.20 Å². The minimum Gasteiger partial charge on any atom is -0.508 e. The van der Waals surface area contributed by atoms with Crippen molar-refractivity contribution in [2.75, 3.05) is 0 Å². The van der Waals surface area contributed by atoms with E-state index in [1.807, 2.05) is 12.1 Å². The number of aromatic nitrogens is 2. The zero-order chi connectivity index (χ0) is 11.4. The molecule has 1 radical (unpaired) electrons. The molecule has 0 spiro atoms. The van der Waals surface area contributed by atoms with Crippen LogP contribution in [0.15, 0.2) is 30.3 Å². The molecule has 2 rings (SSSR count). The second kappa shape index (κ2) is 4.84. The Morgan fingerprint density at radius 1 is 1.44 bits per heavy atom. The Hall–Kier alpha value is -1.77. The molecule has 0 aliphatic heterocycles. The van der Waals surface area contributed by atoms with Gasteiger partial charge in [-0.25, -0.2) is 4.68 Å². The first-order chi connectivity index (χ1) is 7.79. The topological polar surface area (TPSA) is 38.0 Å². The van der Waals surface area contributed by atoms with E-state index in [1.54, 1.807) is 22.9 Å². The van der Waals surface area contributed by atoms with Gasteiger partial charge in [0.05, 0.1) is 17.6 Å². The zero-order valence-corrected chi connectivity index (χ0v) is 9.35. The van der Waals surface area contributed by atoms with E-state index in [2.05, 4.69) is 18.2 Å². The summed E-state index contributed by atoms with van der Waals surface area (Å²) in [4.78, 5) is 0. The highest BCUT2D eigenvalue weighted by atomic mass is 16.3. The van der Waals surface area contributed by atoms with Gasteiger partial charge >= 0.3 is 0 Å². The maximum absolute atomic E-state index is 9.37. The average molecular weight is 215 g/mol. The lowest BCUT2D eigenvalue weighted by Gasteiger charge is -2.00. The van der Waals surface area contributed by atoms with Crippen molar-refractivity contribution in [2.45, 2.75) is 26.2 Å². The summed E-state index contributed by atoms with van der Waals surface area (Å²) in [6, 6.07) is 8.91. The van der Waals surface area contributed by atoms with Gasteiger partial charge < -0.3 is 5.11 Å². The largest absolute Gasteiger partial charge is 0.508 e. The summed E-state index contributed by atoms with van der Waals surface area (Å²) in [6.07, 6.45) is 6.35. The third-order valence-corrected chi connectivity index (χ3v) is 2.44. The van der Waals surface area contributed by atoms with Crippen molar-refractivity contribution in [3.05, 3.63) is 42.2 Å². The van der Waals surface area contributed by atoms with Crippen LogP contribution in [0.25, 0.3) is 5.69 Å². The summed E-state index contributed by atoms with van der Waals surface area (Å²) in [7, 11) is 0. The summed E-state index contributed by atoms with van der Waals surface area (Å²) in [5.74, 6) is 0.247. The van der Waals surface area contributed by atoms with Gasteiger partial charge in [0.1, 0.15) is 5.75 Å². The van der Waals surface area contributed by atoms with Crippen LogP contribution >= 0.6 is 0 Å². The molecule has 0 aliphatic rings. The Bertz CT molecular complexity index is 462. The van der Waals surface area contributed by atoms with Crippen LogP contribution < -0.4 is 0 Å². The summed E-state index contributed by atoms with van der Waals surface area (Å²) in [6.45, 7) is 2.16. The molecule has 0 atom stereocenters. The average Bonchev–Trinajstić information content (AvgIpc) is 2.75. The molecule has 2 aromatic rings. The molecular weight excluding hydrogens is 200 g/mol. The highest BCUT2D eigenvalue weighted by Crippen LogP contribution is 2.14. The first-order valence-corrected chi connectivity index (χ1v) is 5.55. The molecule has 0 unspecified atom stereocenters. The van der Waals surface area contributed by atoms with E-state index < -0.39 is 0 Å². The molecule has 0 saturated heterocycles. The second-order valence-corrected chi connectivity index (χ2v) is 3.80. The van der Waals surface area contributed by atoms with E-state index in [1.165, 1.54) is 6.42 Å². The summed E-state index contributed by atoms with van der Waals surface area (Å²) in [5.41, 5.74) is 1.88. The number of hydrogen-bond acceptors (Lipinski definition) is 2. The van der Waals surface area contributed by atoms with Crippen molar-refractivity contribution >= 4 is 0 Å². The molecule has 16 heavy (non-hydrogen) atoms. The van der Waals surface area contributed by atoms with Gasteiger partial charge in [0.2, 0.25) is 0 Å². The van der Waals surface area contributed by atoms with Gasteiger partial charge in [0.25, 0.3) is 0 Å². The van der Waals surface area contributed by atoms with E-state index in [-0.39, 0.29) is 5.75 Å². The monoisotopic (exact) mass is 215 g/mol. The standard InChI is InChI=1S/C13H15N2O/c1-2-3-5-11-8-9-15(14-11)12-6-4-7-13(16)10-12/h4,6-8,10,16H,2-3,5H2,1H3. The number of hydrogen-bond donors (Lipinski definition) is 1. The van der Waals surface area contributed by atoms with Crippen LogP contribution in [0.1, 0.15) is 25.5 Å². The first-order valence-electron chi connectivity index (χ1n) is 5.55. The Morgan fingerprint density at radius 3 is 3.06 bits per heavy atom. The lowest BCUT2D eigenvalue weighted by molar-refractivity contribution is 0.475. The number of aryl methyl sites for hydroxylation is 1. The fourth-order valence-corrected chi connectivity index (χ4v) is 1.56. The van der Waals surface area contributed by atoms with Crippen LogP contribution in [-0.2, 0) is 6.42 Å². The summed E-state index contributed by atoms with van der Waals surface area (Å²) in [5, 5.41) is 13.8. The first kappa shape index (κ1) is 10.7. The van der Waals surface area contributed by atoms with E-state index in [9.17, 15) is 5.11 Å². The van der Waals surface area contributed by atoms with Gasteiger partial charge in [-0.1, -0.05) is 19.4 Å². The van der Waals surface area contributed by atoms with Gasteiger partial charge in [-0.3, -0.25) is 0 Å². The molecule has 0 fully saturated rings. The number of rotatable bonds is 4. The molecule has 0 bridgehead atoms. The molecule has 1 heterocycles. The summed E-state index contributed by atoms with van der Waals surface area (Å²) >= 11 is 0. The van der Waals surface area contributed by atoms with Gasteiger partial charge in [-0.15, -0.1) is 0 Å². The molecule has 3 heteroatoms. The fraction of sp³-hybridized carbons (Fsp3) is 0.308. The van der Waals surface area contributed by atoms with Crippen LogP contribution in [0.2, 0.25) is 0 Å². The van der Waals surface area contributed by atoms with Gasteiger partial charge in [0, 0.05) is 6.07 Å². The normalized spacial score (nSPS) is 10.6. The van der Waals surface area contributed by atoms with Crippen LogP contribution in [-0.4, -0.2) is 14.9 Å². The molecule has 0 aliphatic carbocycles. The number of nitrogens with zero attached hydrogens (tertiary/aromatic N) is 2. The second-order valence-electron chi connectivity index (χ2n) is 3.80. The van der Waals surface area contributed by atoms with Gasteiger partial charge in [-0.05, 0) is 31.0 Å². The zero-order valence-electron chi connectivity index (χ0n) is 9.35. The van der Waals surface area contributed by atoms with Crippen molar-refractivity contribution in [2.24, 2.45) is 0 Å². The minimum absolute atomic E-state index is 0.247. The molecular formula is C13H15N2O. The van der Waals surface area contributed by atoms with E-state index >= 15 is 0 Å². The quantitative estimate of drug-likeness (QED) is 0.851. The van der Waals surface area contributed by atoms with Crippen molar-refractivity contribution in [3.8, 4) is 11.4 Å². The molecule has 1 aromatic heterocycles. The number of benzene rings is 1. The third kappa shape index (κ3) is 2.42. The van der Waals surface area contributed by atoms with Crippen molar-refractivity contribution in [1.29, 1.82) is 0 Å². The molecule has 1 aromatic carbocycles. The predicted octanol–water partition coefficient (Wildman–Crippen LogP) is 2.72. The van der Waals surface area contributed by atoms with Crippen LogP contribution in [0.3, 0.4) is 0 Å². The number of unbranched alkanes of at least 4 members (excludes halogenated alkanes) is 1. The Labute approximate surface area is 95.3 Å². The highest BCUT2D eigenvalue weighted by Gasteiger charge is 2.02. The number of phenolic OH excluding ortho intramolecular Hbond substituents is 1. The van der Waals surface area contributed by atoms with Gasteiger partial charge in [0.15, 0.2) is 0 Å². The van der Waals surface area contributed by atoms with E-state index in [0.717, 1.165) is 24.2 Å². The Kier molecular flexibility index (Phi) is 3.25. The molecule has 83 valence electrons. The van der Waals surface area contributed by atoms with Crippen molar-refractivity contribution in [1.82, 2.24) is 9.78 Å². The smallest absolute Gasteiger partial charge is 0.117 e. The van der Waals surface area contributed by atoms with Crippen LogP contribution in [0.5, 0.6) is 5.75 Å². The Balaban J connectivity index is 2.18. The molecule has 1 N–H and O–H groups in total. The van der Waals surface area contributed by atoms with Crippen molar-refractivity contribution < 1.29 is 5.11 Å². The maximum atomic E-state index is 9.37. The van der Waals surface area contributed by atoms with Crippen molar-refractivity contribution in [3.63, 3.8) is 0 Å². The van der Waals surface area contributed by atoms with E-state index in [0.29, 0.717) is 0 Å². The van der Waals surface area contributed by atoms with Gasteiger partial charge in [-0.2, -0.15) is 5.10 Å². The lowest BCUT2D eigenvalue weighted by atomic mass is 10.2. The molecule has 0 amide bonds. The molecule has 0 saturated carbocycles. The SMILES string of the molecule is CCCCc1c[c]n(-c2cccc(O)c2)n1. The third-order valence-electron chi connectivity index (χ3n) is 2.44. The summed E-state index contributed by atoms with van der Waals surface area (Å²) < 4.78 is 1.67. The van der Waals surface area contributed by atoms with Crippen LogP contribution in [0.4, 0.5) is 0 Å². The minimum atomic E-state index is 0.247. The lowest BCUT2D eigenvalue weighted by Crippen LogP contribution is -1.96. The molecule has 3 nitrogen and oxygen atoms in total. The number of phenols is 1. The fourth-order valence-electron chi connectivity index (χ4n) is 1.56. The maximum Gasteiger partial charge on any atom is 0.117 e. The predicted molar refractivity (Wildman–Crippen MR) is 62.7 cm³/mol. The van der Waals surface area contributed by atoms with E-state index in [4.69, 9.17) is 0 Å². The Morgan fingerprint density at radius 2 is 2.31 bits per heavy atom. The number of aromatic hydroxyl groups is 1. The highest BCUT2D eigenvalue weighted by molar-refractivity contribution is 5.37.